The molecular weight excluding hydrogens is 346 g/mol. The number of nitrogens with zero attached hydrogens (tertiary/aromatic N) is 2. The summed E-state index contributed by atoms with van der Waals surface area (Å²) < 4.78 is 11.4. The number of rotatable bonds is 6. The van der Waals surface area contributed by atoms with E-state index in [-0.39, 0.29) is 27.7 Å². The molecule has 0 aliphatic heterocycles. The van der Waals surface area contributed by atoms with Gasteiger partial charge in [-0.1, -0.05) is 0 Å². The summed E-state index contributed by atoms with van der Waals surface area (Å²) in [5.74, 6) is -1.67. The number of thiophene rings is 1. The topological polar surface area (TPSA) is 99.5 Å². The predicted molar refractivity (Wildman–Crippen MR) is 92.2 cm³/mol. The van der Waals surface area contributed by atoms with Crippen LogP contribution in [0.2, 0.25) is 0 Å². The van der Waals surface area contributed by atoms with Crippen molar-refractivity contribution in [2.45, 2.75) is 27.3 Å². The normalized spacial score (nSPS) is 10.4. The quantitative estimate of drug-likeness (QED) is 0.790. The summed E-state index contributed by atoms with van der Waals surface area (Å²) in [6.07, 6.45) is 1.68. The first kappa shape index (κ1) is 18.7. The maximum atomic E-state index is 12.4. The summed E-state index contributed by atoms with van der Waals surface area (Å²) in [5.41, 5.74) is 0.755. The molecule has 0 unspecified atom stereocenters. The van der Waals surface area contributed by atoms with Crippen LogP contribution in [0.15, 0.2) is 12.3 Å². The molecule has 0 saturated heterocycles. The highest BCUT2D eigenvalue weighted by molar-refractivity contribution is 7.18. The van der Waals surface area contributed by atoms with E-state index in [4.69, 9.17) is 9.47 Å². The Bertz CT molecular complexity index is 809. The number of nitrogens with one attached hydrogen (secondary N) is 1. The average molecular weight is 365 g/mol. The lowest BCUT2D eigenvalue weighted by atomic mass is 10.1. The lowest BCUT2D eigenvalue weighted by Gasteiger charge is -2.04. The molecule has 2 heterocycles. The zero-order valence-corrected chi connectivity index (χ0v) is 15.2. The van der Waals surface area contributed by atoms with Gasteiger partial charge in [0, 0.05) is 12.7 Å². The minimum Gasteiger partial charge on any atom is -0.465 e. The first-order valence-corrected chi connectivity index (χ1v) is 8.48. The van der Waals surface area contributed by atoms with E-state index in [1.54, 1.807) is 30.8 Å². The number of ether oxygens (including phenoxy) is 2. The van der Waals surface area contributed by atoms with Crippen LogP contribution in [0.4, 0.5) is 5.00 Å². The van der Waals surface area contributed by atoms with Crippen LogP contribution in [-0.4, -0.2) is 41.3 Å². The van der Waals surface area contributed by atoms with Gasteiger partial charge in [-0.2, -0.15) is 5.10 Å². The van der Waals surface area contributed by atoms with Gasteiger partial charge in [0.15, 0.2) is 5.69 Å². The monoisotopic (exact) mass is 365 g/mol. The molecule has 0 aliphatic carbocycles. The fraction of sp³-hybridized carbons (Fsp3) is 0.375. The molecule has 1 N–H and O–H groups in total. The minimum absolute atomic E-state index is 0.138. The number of carbonyl (C=O) groups excluding carboxylic acids is 3. The van der Waals surface area contributed by atoms with E-state index < -0.39 is 17.8 Å². The Morgan fingerprint density at radius 2 is 2.00 bits per heavy atom. The van der Waals surface area contributed by atoms with E-state index in [9.17, 15) is 14.4 Å². The molecule has 2 aromatic heterocycles. The summed E-state index contributed by atoms with van der Waals surface area (Å²) in [7, 11) is 1.23. The van der Waals surface area contributed by atoms with Crippen LogP contribution in [0, 0.1) is 6.92 Å². The number of aromatic nitrogens is 2. The van der Waals surface area contributed by atoms with Crippen LogP contribution in [0.1, 0.15) is 49.9 Å². The third-order valence-corrected chi connectivity index (χ3v) is 4.61. The molecule has 0 fully saturated rings. The lowest BCUT2D eigenvalue weighted by Crippen LogP contribution is -2.15. The standard InChI is InChI=1S/C16H19N3O5S/c1-5-19-8-7-10(18-19)13(20)17-14-11(15(21)23-4)9(3)12(25-14)16(22)24-6-2/h7-8H,5-6H2,1-4H3,(H,17,20). The van der Waals surface area contributed by atoms with E-state index >= 15 is 0 Å². The third kappa shape index (κ3) is 3.87. The Hall–Kier alpha value is -2.68. The molecule has 134 valence electrons. The van der Waals surface area contributed by atoms with E-state index in [0.29, 0.717) is 12.1 Å². The van der Waals surface area contributed by atoms with Crippen molar-refractivity contribution in [3.63, 3.8) is 0 Å². The summed E-state index contributed by atoms with van der Waals surface area (Å²) >= 11 is 0.972. The van der Waals surface area contributed by atoms with Gasteiger partial charge < -0.3 is 14.8 Å². The highest BCUT2D eigenvalue weighted by Crippen LogP contribution is 2.34. The second kappa shape index (κ2) is 7.93. The minimum atomic E-state index is -0.640. The maximum Gasteiger partial charge on any atom is 0.348 e. The first-order chi connectivity index (χ1) is 11.9. The van der Waals surface area contributed by atoms with Crippen LogP contribution in [0.25, 0.3) is 0 Å². The number of hydrogen-bond acceptors (Lipinski definition) is 7. The molecular formula is C16H19N3O5S. The van der Waals surface area contributed by atoms with Gasteiger partial charge in [-0.3, -0.25) is 9.48 Å². The van der Waals surface area contributed by atoms with E-state index in [2.05, 4.69) is 10.4 Å². The van der Waals surface area contributed by atoms with E-state index in [1.165, 1.54) is 7.11 Å². The SMILES string of the molecule is CCOC(=O)c1sc(NC(=O)c2ccn(CC)n2)c(C(=O)OC)c1C. The van der Waals surface area contributed by atoms with Crippen LogP contribution in [-0.2, 0) is 16.0 Å². The summed E-state index contributed by atoms with van der Waals surface area (Å²) in [6.45, 7) is 6.04. The van der Waals surface area contributed by atoms with Crippen LogP contribution < -0.4 is 5.32 Å². The first-order valence-electron chi connectivity index (χ1n) is 7.66. The molecule has 0 aliphatic rings. The second-order valence-corrected chi connectivity index (χ2v) is 6.00. The molecule has 2 aromatic rings. The predicted octanol–water partition coefficient (Wildman–Crippen LogP) is 2.49. The van der Waals surface area contributed by atoms with Crippen molar-refractivity contribution in [2.75, 3.05) is 19.0 Å². The average Bonchev–Trinajstić information content (AvgIpc) is 3.19. The number of hydrogen-bond donors (Lipinski definition) is 1. The number of amides is 1. The van der Waals surface area contributed by atoms with Crippen LogP contribution in [0.5, 0.6) is 0 Å². The fourth-order valence-electron chi connectivity index (χ4n) is 2.17. The molecule has 8 nitrogen and oxygen atoms in total. The van der Waals surface area contributed by atoms with Crippen molar-refractivity contribution < 1.29 is 23.9 Å². The Kier molecular flexibility index (Phi) is 5.92. The number of aryl methyl sites for hydroxylation is 1. The van der Waals surface area contributed by atoms with E-state index in [0.717, 1.165) is 11.3 Å². The third-order valence-electron chi connectivity index (χ3n) is 3.42. The van der Waals surface area contributed by atoms with Crippen molar-refractivity contribution in [3.8, 4) is 0 Å². The Morgan fingerprint density at radius 1 is 1.28 bits per heavy atom. The van der Waals surface area contributed by atoms with Crippen molar-refractivity contribution in [1.29, 1.82) is 0 Å². The van der Waals surface area contributed by atoms with Gasteiger partial charge >= 0.3 is 11.9 Å². The van der Waals surface area contributed by atoms with Crippen molar-refractivity contribution in [1.82, 2.24) is 9.78 Å². The van der Waals surface area contributed by atoms with Crippen LogP contribution >= 0.6 is 11.3 Å². The molecule has 9 heteroatoms. The number of carbonyl (C=O) groups is 3. The molecule has 0 spiro atoms. The zero-order chi connectivity index (χ0) is 18.6. The molecule has 0 atom stereocenters. The van der Waals surface area contributed by atoms with Crippen molar-refractivity contribution in [3.05, 3.63) is 34.0 Å². The molecule has 1 amide bonds. The molecule has 0 radical (unpaired) electrons. The van der Waals surface area contributed by atoms with Gasteiger partial charge in [0.25, 0.3) is 5.91 Å². The van der Waals surface area contributed by atoms with Crippen LogP contribution in [0.3, 0.4) is 0 Å². The Labute approximate surface area is 148 Å². The fourth-order valence-corrected chi connectivity index (χ4v) is 3.25. The Morgan fingerprint density at radius 3 is 2.56 bits per heavy atom. The Balaban J connectivity index is 2.38. The van der Waals surface area contributed by atoms with Gasteiger partial charge in [-0.05, 0) is 32.4 Å². The molecule has 0 saturated carbocycles. The highest BCUT2D eigenvalue weighted by atomic mass is 32.1. The van der Waals surface area contributed by atoms with Gasteiger partial charge in [-0.15, -0.1) is 11.3 Å². The van der Waals surface area contributed by atoms with Gasteiger partial charge in [0.05, 0.1) is 19.3 Å². The van der Waals surface area contributed by atoms with Crippen molar-refractivity contribution >= 4 is 34.2 Å². The summed E-state index contributed by atoms with van der Waals surface area (Å²) in [5, 5.41) is 6.97. The number of esters is 2. The molecule has 2 rings (SSSR count). The van der Waals surface area contributed by atoms with Gasteiger partial charge in [-0.25, -0.2) is 9.59 Å². The van der Waals surface area contributed by atoms with Gasteiger partial charge in [0.1, 0.15) is 9.88 Å². The summed E-state index contributed by atoms with van der Waals surface area (Å²) in [6, 6.07) is 1.57. The molecule has 25 heavy (non-hydrogen) atoms. The van der Waals surface area contributed by atoms with Gasteiger partial charge in [0.2, 0.25) is 0 Å². The highest BCUT2D eigenvalue weighted by Gasteiger charge is 2.27. The lowest BCUT2D eigenvalue weighted by molar-refractivity contribution is 0.0531. The van der Waals surface area contributed by atoms with E-state index in [1.807, 2.05) is 6.92 Å². The van der Waals surface area contributed by atoms with Crippen molar-refractivity contribution in [2.24, 2.45) is 0 Å². The second-order valence-electron chi connectivity index (χ2n) is 4.98. The molecule has 0 bridgehead atoms. The molecule has 0 aromatic carbocycles. The maximum absolute atomic E-state index is 12.4. The zero-order valence-electron chi connectivity index (χ0n) is 14.4. The smallest absolute Gasteiger partial charge is 0.348 e. The summed E-state index contributed by atoms with van der Waals surface area (Å²) in [4.78, 5) is 36.7. The largest absolute Gasteiger partial charge is 0.465 e. The number of anilines is 1. The number of methoxy groups -OCH3 is 1.